The number of aryl methyl sites for hydroxylation is 1. The van der Waals surface area contributed by atoms with Crippen LogP contribution in [0.15, 0.2) is 48.5 Å². The molecule has 3 N–H and O–H groups in total. The van der Waals surface area contributed by atoms with E-state index in [4.69, 9.17) is 10.5 Å². The van der Waals surface area contributed by atoms with Crippen molar-refractivity contribution in [3.8, 4) is 5.75 Å². The molecule has 2 aromatic rings. The number of amides is 2. The zero-order chi connectivity index (χ0) is 23.9. The predicted octanol–water partition coefficient (Wildman–Crippen LogP) is 3.14. The summed E-state index contributed by atoms with van der Waals surface area (Å²) < 4.78 is 5.75. The van der Waals surface area contributed by atoms with Crippen LogP contribution in [0.3, 0.4) is 0 Å². The number of carbonyl (C=O) groups excluding carboxylic acids is 2. The van der Waals surface area contributed by atoms with Gasteiger partial charge in [0.05, 0.1) is 12.7 Å². The Morgan fingerprint density at radius 2 is 1.79 bits per heavy atom. The molecule has 182 valence electrons. The highest BCUT2D eigenvalue weighted by Crippen LogP contribution is 2.32. The van der Waals surface area contributed by atoms with Crippen molar-refractivity contribution in [1.82, 2.24) is 4.90 Å². The number of hydrogen-bond acceptors (Lipinski definition) is 5. The summed E-state index contributed by atoms with van der Waals surface area (Å²) in [5.41, 5.74) is 8.32. The Hall–Kier alpha value is -2.90. The highest BCUT2D eigenvalue weighted by atomic mass is 16.5. The number of piperidine rings is 1. The Kier molecular flexibility index (Phi) is 8.19. The van der Waals surface area contributed by atoms with Crippen LogP contribution >= 0.6 is 0 Å². The lowest BCUT2D eigenvalue weighted by atomic mass is 9.95. The van der Waals surface area contributed by atoms with Crippen LogP contribution in [0, 0.1) is 0 Å². The van der Waals surface area contributed by atoms with Crippen molar-refractivity contribution >= 4 is 17.5 Å². The summed E-state index contributed by atoms with van der Waals surface area (Å²) in [4.78, 5) is 29.6. The standard InChI is InChI=1S/C27H35N3O4/c28-19-23(31)6-3-4-18-34-24-11-8-21(9-12-24)27(33)29-16-14-22(15-17-29)30-25-7-2-1-5-20(25)10-13-26(30)32/h1-2,5,7-9,11-12,22-23,31H,3-4,6,10,13-19,28H2. The fraction of sp³-hybridized carbons (Fsp3) is 0.481. The van der Waals surface area contributed by atoms with Crippen molar-refractivity contribution in [3.63, 3.8) is 0 Å². The molecule has 7 heteroatoms. The maximum atomic E-state index is 13.0. The first-order valence-electron chi connectivity index (χ1n) is 12.4. The molecule has 2 amide bonds. The summed E-state index contributed by atoms with van der Waals surface area (Å²) in [6.45, 7) is 2.14. The van der Waals surface area contributed by atoms with Gasteiger partial charge in [0.25, 0.3) is 5.91 Å². The topological polar surface area (TPSA) is 96.1 Å². The molecule has 0 spiro atoms. The number of unbranched alkanes of at least 4 members (excludes halogenated alkanes) is 1. The lowest BCUT2D eigenvalue weighted by Crippen LogP contribution is -2.50. The number of ether oxygens (including phenoxy) is 1. The highest BCUT2D eigenvalue weighted by molar-refractivity contribution is 5.97. The van der Waals surface area contributed by atoms with Crippen LogP contribution < -0.4 is 15.4 Å². The number of fused-ring (bicyclic) bond motifs is 1. The van der Waals surface area contributed by atoms with Crippen molar-refractivity contribution in [1.29, 1.82) is 0 Å². The zero-order valence-electron chi connectivity index (χ0n) is 19.7. The third kappa shape index (κ3) is 5.77. The molecule has 2 aromatic carbocycles. The number of benzene rings is 2. The average Bonchev–Trinajstić information content (AvgIpc) is 2.88. The molecule has 2 aliphatic rings. The number of para-hydroxylation sites is 1. The molecule has 0 radical (unpaired) electrons. The number of aliphatic hydroxyl groups excluding tert-OH is 1. The average molecular weight is 466 g/mol. The van der Waals surface area contributed by atoms with Gasteiger partial charge in [-0.1, -0.05) is 18.2 Å². The number of nitrogens with zero attached hydrogens (tertiary/aromatic N) is 2. The van der Waals surface area contributed by atoms with E-state index < -0.39 is 6.10 Å². The number of carbonyl (C=O) groups is 2. The number of anilines is 1. The van der Waals surface area contributed by atoms with Gasteiger partial charge in [-0.25, -0.2) is 0 Å². The minimum Gasteiger partial charge on any atom is -0.494 e. The third-order valence-corrected chi connectivity index (χ3v) is 6.82. The number of likely N-dealkylation sites (tertiary alicyclic amines) is 1. The molecular weight excluding hydrogens is 430 g/mol. The molecule has 1 saturated heterocycles. The van der Waals surface area contributed by atoms with Gasteiger partial charge in [0.2, 0.25) is 5.91 Å². The van der Waals surface area contributed by atoms with E-state index >= 15 is 0 Å². The third-order valence-electron chi connectivity index (χ3n) is 6.82. The largest absolute Gasteiger partial charge is 0.494 e. The second-order valence-electron chi connectivity index (χ2n) is 9.17. The summed E-state index contributed by atoms with van der Waals surface area (Å²) in [7, 11) is 0. The van der Waals surface area contributed by atoms with Gasteiger partial charge in [0, 0.05) is 43.3 Å². The molecule has 1 atom stereocenters. The van der Waals surface area contributed by atoms with Crippen LogP contribution in [0.25, 0.3) is 0 Å². The molecule has 0 aliphatic carbocycles. The van der Waals surface area contributed by atoms with E-state index in [1.54, 1.807) is 0 Å². The zero-order valence-corrected chi connectivity index (χ0v) is 19.7. The monoisotopic (exact) mass is 465 g/mol. The maximum Gasteiger partial charge on any atom is 0.253 e. The fourth-order valence-electron chi connectivity index (χ4n) is 4.85. The molecule has 1 fully saturated rings. The summed E-state index contributed by atoms with van der Waals surface area (Å²) in [6.07, 6.45) is 4.88. The van der Waals surface area contributed by atoms with Gasteiger partial charge in [0.15, 0.2) is 0 Å². The van der Waals surface area contributed by atoms with Gasteiger partial charge >= 0.3 is 0 Å². The summed E-state index contributed by atoms with van der Waals surface area (Å²) in [5, 5.41) is 9.48. The van der Waals surface area contributed by atoms with Crippen LogP contribution in [0.5, 0.6) is 5.75 Å². The Labute approximate surface area is 201 Å². The summed E-state index contributed by atoms with van der Waals surface area (Å²) in [5.74, 6) is 0.942. The molecule has 2 heterocycles. The van der Waals surface area contributed by atoms with E-state index in [-0.39, 0.29) is 17.9 Å². The SMILES string of the molecule is NCC(O)CCCCOc1ccc(C(=O)N2CCC(N3C(=O)CCc4ccccc43)CC2)cc1. The number of rotatable bonds is 9. The van der Waals surface area contributed by atoms with E-state index in [2.05, 4.69) is 6.07 Å². The predicted molar refractivity (Wildman–Crippen MR) is 132 cm³/mol. The Bertz CT molecular complexity index is 970. The second-order valence-corrected chi connectivity index (χ2v) is 9.17. The molecule has 0 aromatic heterocycles. The van der Waals surface area contributed by atoms with Gasteiger partial charge in [0.1, 0.15) is 5.75 Å². The molecule has 0 bridgehead atoms. The Balaban J connectivity index is 1.26. The quantitative estimate of drug-likeness (QED) is 0.555. The van der Waals surface area contributed by atoms with Crippen LogP contribution in [-0.2, 0) is 11.2 Å². The van der Waals surface area contributed by atoms with Crippen molar-refractivity contribution < 1.29 is 19.4 Å². The first-order valence-corrected chi connectivity index (χ1v) is 12.4. The van der Waals surface area contributed by atoms with E-state index in [0.717, 1.165) is 43.5 Å². The van der Waals surface area contributed by atoms with Gasteiger partial charge in [-0.15, -0.1) is 0 Å². The molecule has 4 rings (SSSR count). The van der Waals surface area contributed by atoms with Gasteiger partial charge in [-0.05, 0) is 74.4 Å². The minimum atomic E-state index is -0.438. The smallest absolute Gasteiger partial charge is 0.253 e. The van der Waals surface area contributed by atoms with Crippen molar-refractivity contribution in [2.75, 3.05) is 31.1 Å². The van der Waals surface area contributed by atoms with Crippen LogP contribution in [0.2, 0.25) is 0 Å². The maximum absolute atomic E-state index is 13.0. The van der Waals surface area contributed by atoms with Crippen molar-refractivity contribution in [2.45, 2.75) is 57.1 Å². The van der Waals surface area contributed by atoms with Crippen LogP contribution in [0.4, 0.5) is 5.69 Å². The number of hydrogen-bond donors (Lipinski definition) is 2. The van der Waals surface area contributed by atoms with E-state index in [0.29, 0.717) is 44.6 Å². The lowest BCUT2D eigenvalue weighted by Gasteiger charge is -2.41. The van der Waals surface area contributed by atoms with Crippen LogP contribution in [-0.4, -0.2) is 60.2 Å². The van der Waals surface area contributed by atoms with Crippen molar-refractivity contribution in [2.24, 2.45) is 5.73 Å². The van der Waals surface area contributed by atoms with E-state index in [9.17, 15) is 14.7 Å². The molecule has 0 saturated carbocycles. The molecule has 2 aliphatic heterocycles. The van der Waals surface area contributed by atoms with Crippen molar-refractivity contribution in [3.05, 3.63) is 59.7 Å². The molecular formula is C27H35N3O4. The van der Waals surface area contributed by atoms with E-state index in [1.807, 2.05) is 52.3 Å². The summed E-state index contributed by atoms with van der Waals surface area (Å²) >= 11 is 0. The van der Waals surface area contributed by atoms with Gasteiger partial charge in [-0.3, -0.25) is 9.59 Å². The Morgan fingerprint density at radius 1 is 1.06 bits per heavy atom. The number of nitrogens with two attached hydrogens (primary N) is 1. The summed E-state index contributed by atoms with van der Waals surface area (Å²) in [6, 6.07) is 15.6. The molecule has 34 heavy (non-hydrogen) atoms. The Morgan fingerprint density at radius 3 is 2.53 bits per heavy atom. The molecule has 1 unspecified atom stereocenters. The van der Waals surface area contributed by atoms with E-state index in [1.165, 1.54) is 5.56 Å². The molecule has 7 nitrogen and oxygen atoms in total. The fourth-order valence-corrected chi connectivity index (χ4v) is 4.85. The minimum absolute atomic E-state index is 0.0196. The highest BCUT2D eigenvalue weighted by Gasteiger charge is 2.33. The normalized spacial score (nSPS) is 17.4. The first kappa shape index (κ1) is 24.2. The lowest BCUT2D eigenvalue weighted by molar-refractivity contribution is -0.119. The van der Waals surface area contributed by atoms with Gasteiger partial charge < -0.3 is 25.4 Å². The first-order chi connectivity index (χ1) is 16.6. The van der Waals surface area contributed by atoms with Crippen LogP contribution in [0.1, 0.15) is 54.4 Å². The number of aliphatic hydroxyl groups is 1. The van der Waals surface area contributed by atoms with Gasteiger partial charge in [-0.2, -0.15) is 0 Å². The second kappa shape index (κ2) is 11.5.